The summed E-state index contributed by atoms with van der Waals surface area (Å²) < 4.78 is 16.3. The predicted octanol–water partition coefficient (Wildman–Crippen LogP) is 3.42. The molecule has 6 nitrogen and oxygen atoms in total. The van der Waals surface area contributed by atoms with E-state index in [-0.39, 0.29) is 11.8 Å². The number of alkyl halides is 1. The van der Waals surface area contributed by atoms with E-state index in [0.717, 1.165) is 5.69 Å². The summed E-state index contributed by atoms with van der Waals surface area (Å²) in [4.78, 5) is 6.00. The molecule has 4 atom stereocenters. The fourth-order valence-corrected chi connectivity index (χ4v) is 5.16. The highest BCUT2D eigenvalue weighted by molar-refractivity contribution is 6.21. The van der Waals surface area contributed by atoms with Gasteiger partial charge in [-0.1, -0.05) is 11.7 Å². The van der Waals surface area contributed by atoms with Gasteiger partial charge in [0.1, 0.15) is 5.75 Å². The van der Waals surface area contributed by atoms with Crippen molar-refractivity contribution in [2.75, 3.05) is 11.9 Å². The predicted molar refractivity (Wildman–Crippen MR) is 119 cm³/mol. The first-order valence-electron chi connectivity index (χ1n) is 10.4. The highest BCUT2D eigenvalue weighted by atomic mass is 19.1. The topological polar surface area (TPSA) is 67.1 Å². The lowest BCUT2D eigenvalue weighted by Crippen LogP contribution is -2.41. The highest BCUT2D eigenvalue weighted by Crippen LogP contribution is 2.65. The molecule has 0 aliphatic heterocycles. The van der Waals surface area contributed by atoms with Crippen molar-refractivity contribution in [1.82, 2.24) is 19.7 Å². The van der Waals surface area contributed by atoms with Crippen LogP contribution in [-0.4, -0.2) is 59.8 Å². The van der Waals surface area contributed by atoms with Crippen molar-refractivity contribution < 1.29 is 9.50 Å². The number of halogens is 1. The molecule has 1 aromatic carbocycles. The Morgan fingerprint density at radius 2 is 2.00 bits per heavy atom. The van der Waals surface area contributed by atoms with Crippen molar-refractivity contribution in [3.8, 4) is 22.7 Å². The largest absolute Gasteiger partial charge is 0.507 e. The summed E-state index contributed by atoms with van der Waals surface area (Å²) in [6.45, 7) is 0. The zero-order chi connectivity index (χ0) is 21.8. The van der Waals surface area contributed by atoms with Gasteiger partial charge in [-0.2, -0.15) is 0 Å². The quantitative estimate of drug-likeness (QED) is 0.665. The van der Waals surface area contributed by atoms with Gasteiger partial charge < -0.3 is 14.6 Å². The van der Waals surface area contributed by atoms with Crippen LogP contribution in [0, 0.1) is 0 Å². The SMILES string of the molecule is [B][C@]12C[C@H](N(C)c3ccc(-c4ccc(-n5ccnc5)cc4O)nn3)C[C@]([B])(C1)[C@H](F)C2. The average molecular weight is 413 g/mol. The van der Waals surface area contributed by atoms with Crippen molar-refractivity contribution in [1.29, 1.82) is 0 Å². The van der Waals surface area contributed by atoms with Crippen LogP contribution in [0.1, 0.15) is 25.7 Å². The number of benzene rings is 1. The molecule has 3 aromatic rings. The number of aromatic nitrogens is 4. The van der Waals surface area contributed by atoms with E-state index in [4.69, 9.17) is 15.7 Å². The lowest BCUT2D eigenvalue weighted by atomic mass is 9.52. The first-order valence-corrected chi connectivity index (χ1v) is 10.4. The molecule has 2 bridgehead atoms. The molecule has 1 N–H and O–H groups in total. The lowest BCUT2D eigenvalue weighted by Gasteiger charge is -2.44. The fraction of sp³-hybridized carbons (Fsp3) is 0.409. The number of fused-ring (bicyclic) bond motifs is 2. The monoisotopic (exact) mass is 413 g/mol. The molecule has 0 saturated heterocycles. The van der Waals surface area contributed by atoms with Gasteiger partial charge in [0.05, 0.1) is 39.6 Å². The van der Waals surface area contributed by atoms with E-state index in [1.165, 1.54) is 0 Å². The number of nitrogens with zero attached hydrogens (tertiary/aromatic N) is 5. The van der Waals surface area contributed by atoms with Gasteiger partial charge in [0.2, 0.25) is 0 Å². The van der Waals surface area contributed by atoms with Gasteiger partial charge in [-0.15, -0.1) is 10.2 Å². The zero-order valence-corrected chi connectivity index (χ0v) is 17.3. The van der Waals surface area contributed by atoms with Gasteiger partial charge in [-0.25, -0.2) is 9.37 Å². The minimum absolute atomic E-state index is 0.00693. The Morgan fingerprint density at radius 3 is 2.65 bits per heavy atom. The third-order valence-electron chi connectivity index (χ3n) is 6.77. The van der Waals surface area contributed by atoms with Gasteiger partial charge in [0.25, 0.3) is 0 Å². The van der Waals surface area contributed by atoms with Crippen molar-refractivity contribution >= 4 is 21.5 Å². The molecule has 154 valence electrons. The lowest BCUT2D eigenvalue weighted by molar-refractivity contribution is 0.253. The number of phenols is 1. The minimum atomic E-state index is -1.07. The van der Waals surface area contributed by atoms with Crippen LogP contribution in [0.15, 0.2) is 49.1 Å². The normalized spacial score (nSPS) is 29.7. The second kappa shape index (κ2) is 7.11. The molecular weight excluding hydrogens is 391 g/mol. The van der Waals surface area contributed by atoms with Crippen LogP contribution >= 0.6 is 0 Å². The van der Waals surface area contributed by atoms with Gasteiger partial charge in [0.15, 0.2) is 5.82 Å². The van der Waals surface area contributed by atoms with Crippen molar-refractivity contribution in [2.45, 2.75) is 48.5 Å². The molecule has 5 rings (SSSR count). The first-order chi connectivity index (χ1) is 14.8. The first kappa shape index (κ1) is 20.1. The molecule has 0 unspecified atom stereocenters. The van der Waals surface area contributed by atoms with E-state index in [2.05, 4.69) is 15.2 Å². The molecule has 0 amide bonds. The van der Waals surface area contributed by atoms with E-state index in [1.807, 2.05) is 30.1 Å². The molecule has 9 heteroatoms. The maximum Gasteiger partial charge on any atom is 0.151 e. The highest BCUT2D eigenvalue weighted by Gasteiger charge is 2.55. The van der Waals surface area contributed by atoms with Crippen LogP contribution in [0.4, 0.5) is 10.2 Å². The summed E-state index contributed by atoms with van der Waals surface area (Å²) in [7, 11) is 14.7. The number of rotatable bonds is 4. The molecular formula is C22H22B2FN5O. The number of hydrogen-bond acceptors (Lipinski definition) is 5. The fourth-order valence-electron chi connectivity index (χ4n) is 5.16. The van der Waals surface area contributed by atoms with Gasteiger partial charge in [-0.3, -0.25) is 0 Å². The Morgan fingerprint density at radius 1 is 1.16 bits per heavy atom. The second-order valence-corrected chi connectivity index (χ2v) is 9.07. The van der Waals surface area contributed by atoms with E-state index in [0.29, 0.717) is 42.8 Å². The number of imidazole rings is 1. The third-order valence-corrected chi connectivity index (χ3v) is 6.77. The second-order valence-electron chi connectivity index (χ2n) is 9.07. The molecule has 2 aliphatic carbocycles. The van der Waals surface area contributed by atoms with Gasteiger partial charge in [-0.05, 0) is 48.8 Å². The Kier molecular flexibility index (Phi) is 4.61. The van der Waals surface area contributed by atoms with E-state index in [1.54, 1.807) is 35.4 Å². The van der Waals surface area contributed by atoms with Crippen molar-refractivity contribution in [3.05, 3.63) is 49.1 Å². The van der Waals surface area contributed by atoms with Crippen molar-refractivity contribution in [2.24, 2.45) is 0 Å². The molecule has 2 fully saturated rings. The summed E-state index contributed by atoms with van der Waals surface area (Å²) in [5.74, 6) is 0.766. The Labute approximate surface area is 183 Å². The smallest absolute Gasteiger partial charge is 0.151 e. The maximum absolute atomic E-state index is 14.5. The van der Waals surface area contributed by atoms with Crippen LogP contribution in [0.25, 0.3) is 16.9 Å². The van der Waals surface area contributed by atoms with Crippen LogP contribution in [0.2, 0.25) is 10.6 Å². The Bertz CT molecular complexity index is 1100. The van der Waals surface area contributed by atoms with Gasteiger partial charge in [0, 0.05) is 37.1 Å². The molecule has 2 aliphatic rings. The van der Waals surface area contributed by atoms with E-state index in [9.17, 15) is 9.50 Å². The van der Waals surface area contributed by atoms with Gasteiger partial charge >= 0.3 is 0 Å². The van der Waals surface area contributed by atoms with E-state index < -0.39 is 16.8 Å². The third kappa shape index (κ3) is 3.50. The van der Waals surface area contributed by atoms with Crippen LogP contribution in [0.5, 0.6) is 5.75 Å². The summed E-state index contributed by atoms with van der Waals surface area (Å²) in [5, 5.41) is 17.7. The number of hydrogen-bond donors (Lipinski definition) is 1. The summed E-state index contributed by atoms with van der Waals surface area (Å²) in [6, 6.07) is 9.00. The van der Waals surface area contributed by atoms with Crippen LogP contribution in [0.3, 0.4) is 0 Å². The Hall–Kier alpha value is -2.83. The van der Waals surface area contributed by atoms with Crippen LogP contribution < -0.4 is 4.90 Å². The average Bonchev–Trinajstić information content (AvgIpc) is 3.32. The number of anilines is 1. The summed E-state index contributed by atoms with van der Waals surface area (Å²) >= 11 is 0. The van der Waals surface area contributed by atoms with Crippen molar-refractivity contribution in [3.63, 3.8) is 0 Å². The molecule has 4 radical (unpaired) electrons. The molecule has 2 aromatic heterocycles. The molecule has 2 heterocycles. The zero-order valence-electron chi connectivity index (χ0n) is 17.3. The standard InChI is InChI=1S/C22H22B2FN5O/c1-29(15-9-21(23)11-19(25)22(24,10-15)12-21)20-5-4-17(27-28-20)16-3-2-14(8-18(16)31)30-7-6-26-13-30/h2-8,13,15,19,31H,9-12H2,1H3/t15-,19+,21-,22-/m0/s1. The Balaban J connectivity index is 1.36. The summed E-state index contributed by atoms with van der Waals surface area (Å²) in [6.07, 6.45) is 6.11. The maximum atomic E-state index is 14.5. The molecule has 0 spiro atoms. The summed E-state index contributed by atoms with van der Waals surface area (Å²) in [5.41, 5.74) is 1.95. The molecule has 31 heavy (non-hydrogen) atoms. The van der Waals surface area contributed by atoms with E-state index >= 15 is 0 Å². The minimum Gasteiger partial charge on any atom is -0.507 e. The van der Waals surface area contributed by atoms with Crippen LogP contribution in [-0.2, 0) is 0 Å². The molecule has 2 saturated carbocycles. The number of phenolic OH excluding ortho intramolecular Hbond substituents is 1. The number of aromatic hydroxyl groups is 1.